The van der Waals surface area contributed by atoms with Crippen LogP contribution in [0.1, 0.15) is 44.5 Å². The third-order valence-electron chi connectivity index (χ3n) is 14.7. The summed E-state index contributed by atoms with van der Waals surface area (Å²) in [4.78, 5) is 14.0. The molecular weight excluding hydrogens is 801 g/mol. The number of nitrogens with zero attached hydrogens (tertiary/aromatic N) is 4. The predicted octanol–water partition coefficient (Wildman–Crippen LogP) is 15.6. The second-order valence-electron chi connectivity index (χ2n) is 17.6. The van der Waals surface area contributed by atoms with Gasteiger partial charge in [-0.05, 0) is 120 Å². The normalized spacial score (nSPS) is 14.5. The molecule has 3 heterocycles. The first-order valence-electron chi connectivity index (χ1n) is 22.6. The summed E-state index contributed by atoms with van der Waals surface area (Å²) in [5, 5.41) is 0. The molecule has 4 aliphatic rings. The summed E-state index contributed by atoms with van der Waals surface area (Å²) < 4.78 is 0. The maximum absolute atomic E-state index is 8.36. The number of hydrogen-bond donors (Lipinski definition) is 0. The number of fused-ring (bicyclic) bond motifs is 18. The highest BCUT2D eigenvalue weighted by molar-refractivity contribution is 5.98. The zero-order chi connectivity index (χ0) is 43.6. The highest BCUT2D eigenvalue weighted by Crippen LogP contribution is 2.65. The Morgan fingerprint density at radius 2 is 0.712 bits per heavy atom. The van der Waals surface area contributed by atoms with Gasteiger partial charge in [-0.2, -0.15) is 0 Å². The minimum atomic E-state index is -0.494. The molecule has 0 fully saturated rings. The first-order valence-corrected chi connectivity index (χ1v) is 22.6. The Hall–Kier alpha value is -8.78. The van der Waals surface area contributed by atoms with Crippen LogP contribution in [0.15, 0.2) is 231 Å². The van der Waals surface area contributed by atoms with Crippen molar-refractivity contribution in [3.05, 3.63) is 287 Å². The minimum Gasteiger partial charge on any atom is -0.310 e. The fourth-order valence-corrected chi connectivity index (χ4v) is 12.3. The molecule has 0 amide bonds. The molecule has 2 spiro atoms. The van der Waals surface area contributed by atoms with E-state index in [-0.39, 0.29) is 0 Å². The maximum atomic E-state index is 8.36. The number of rotatable bonds is 3. The van der Waals surface area contributed by atoms with Crippen molar-refractivity contribution in [2.45, 2.75) is 10.8 Å². The van der Waals surface area contributed by atoms with Crippen LogP contribution in [0.3, 0.4) is 0 Å². The molecule has 0 saturated carbocycles. The Morgan fingerprint density at radius 1 is 0.348 bits per heavy atom. The van der Waals surface area contributed by atoms with Gasteiger partial charge in [0.2, 0.25) is 0 Å². The third kappa shape index (κ3) is 4.58. The van der Waals surface area contributed by atoms with E-state index in [1.165, 1.54) is 66.8 Å². The van der Waals surface area contributed by atoms with E-state index in [0.29, 0.717) is 5.69 Å². The number of aromatic nitrogens is 1. The average Bonchev–Trinajstić information content (AvgIpc) is 3.85. The molecule has 9 aromatic carbocycles. The van der Waals surface area contributed by atoms with Gasteiger partial charge in [-0.1, -0.05) is 182 Å². The number of hydrogen-bond acceptors (Lipinski definition) is 3. The van der Waals surface area contributed by atoms with Crippen molar-refractivity contribution in [1.29, 1.82) is 0 Å². The molecule has 14 rings (SSSR count). The van der Waals surface area contributed by atoms with E-state index in [1.807, 2.05) is 12.3 Å². The smallest absolute Gasteiger partial charge is 0.195 e. The van der Waals surface area contributed by atoms with Crippen LogP contribution in [-0.2, 0) is 10.8 Å². The molecule has 1 aromatic heterocycles. The largest absolute Gasteiger partial charge is 0.310 e. The summed E-state index contributed by atoms with van der Waals surface area (Å²) in [7, 11) is 0. The molecule has 0 saturated heterocycles. The maximum Gasteiger partial charge on any atom is 0.195 e. The molecule has 0 bridgehead atoms. The quantitative estimate of drug-likeness (QED) is 0.166. The number of anilines is 6. The molecular formula is C62H38N4. The molecule has 306 valence electrons. The van der Waals surface area contributed by atoms with E-state index in [9.17, 15) is 0 Å². The summed E-state index contributed by atoms with van der Waals surface area (Å²) in [5.74, 6) is 0.815. The Morgan fingerprint density at radius 3 is 1.09 bits per heavy atom. The zero-order valence-corrected chi connectivity index (χ0v) is 35.7. The van der Waals surface area contributed by atoms with Gasteiger partial charge in [0.1, 0.15) is 5.82 Å². The monoisotopic (exact) mass is 838 g/mol. The van der Waals surface area contributed by atoms with Gasteiger partial charge < -0.3 is 4.90 Å². The lowest BCUT2D eigenvalue weighted by Gasteiger charge is -2.45. The van der Waals surface area contributed by atoms with Crippen LogP contribution in [0.25, 0.3) is 38.2 Å². The summed E-state index contributed by atoms with van der Waals surface area (Å²) in [6, 6.07) is 81.4. The van der Waals surface area contributed by atoms with Crippen LogP contribution in [0.2, 0.25) is 0 Å². The van der Waals surface area contributed by atoms with Gasteiger partial charge in [0.15, 0.2) is 5.69 Å². The van der Waals surface area contributed by atoms with Gasteiger partial charge in [0, 0.05) is 11.9 Å². The summed E-state index contributed by atoms with van der Waals surface area (Å²) in [5.41, 5.74) is 21.9. The van der Waals surface area contributed by atoms with Crippen molar-refractivity contribution >= 4 is 39.9 Å². The number of para-hydroxylation sites is 4. The van der Waals surface area contributed by atoms with Gasteiger partial charge in [-0.3, -0.25) is 4.90 Å². The van der Waals surface area contributed by atoms with E-state index in [4.69, 9.17) is 11.6 Å². The summed E-state index contributed by atoms with van der Waals surface area (Å²) in [6.07, 6.45) is 1.94. The molecule has 0 unspecified atom stereocenters. The fourth-order valence-electron chi connectivity index (χ4n) is 12.3. The first kappa shape index (κ1) is 36.7. The molecule has 0 N–H and O–H groups in total. The molecule has 2 aliphatic heterocycles. The van der Waals surface area contributed by atoms with E-state index >= 15 is 0 Å². The highest BCUT2D eigenvalue weighted by atomic mass is 15.2. The Bertz CT molecular complexity index is 3520. The SMILES string of the molecule is [C-]#[N+]c1ccc(N2c3ccccc3C3(c4ccccc4-c4ccccc43)c3ccccc32)cc1-c1ccc(N2c3ccccc3C3(c4ccccc4-c4ccccc43)c3ccccc32)nc1. The van der Waals surface area contributed by atoms with Crippen LogP contribution in [0.5, 0.6) is 0 Å². The number of pyridine rings is 1. The van der Waals surface area contributed by atoms with E-state index in [0.717, 1.165) is 45.4 Å². The van der Waals surface area contributed by atoms with E-state index < -0.39 is 10.8 Å². The summed E-state index contributed by atoms with van der Waals surface area (Å²) >= 11 is 0. The lowest BCUT2D eigenvalue weighted by atomic mass is 9.64. The average molecular weight is 839 g/mol. The standard InChI is InChI=1S/C62H38N4/c1-63-55-36-35-41(65-56-30-14-10-26-51(56)61(52-27-11-15-31-57(52)65)47-22-6-2-18-42(47)43-19-3-7-23-48(43)61)38-46(55)40-34-37-60(64-39-40)66-58-32-16-12-28-53(58)62(54-29-13-17-33-59(54)66)49-24-8-4-20-44(49)45-21-5-9-25-50(45)62/h2-39H. The van der Waals surface area contributed by atoms with Gasteiger partial charge >= 0.3 is 0 Å². The van der Waals surface area contributed by atoms with Crippen LogP contribution < -0.4 is 9.80 Å². The predicted molar refractivity (Wildman–Crippen MR) is 267 cm³/mol. The third-order valence-corrected chi connectivity index (χ3v) is 14.7. The van der Waals surface area contributed by atoms with Crippen molar-refractivity contribution in [2.24, 2.45) is 0 Å². The van der Waals surface area contributed by atoms with Crippen LogP contribution >= 0.6 is 0 Å². The van der Waals surface area contributed by atoms with Crippen molar-refractivity contribution < 1.29 is 0 Å². The second-order valence-corrected chi connectivity index (χ2v) is 17.6. The molecule has 4 heteroatoms. The fraction of sp³-hybridized carbons (Fsp3) is 0.0323. The molecule has 2 aliphatic carbocycles. The molecule has 10 aromatic rings. The van der Waals surface area contributed by atoms with Crippen molar-refractivity contribution in [3.63, 3.8) is 0 Å². The first-order chi connectivity index (χ1) is 32.7. The highest BCUT2D eigenvalue weighted by Gasteiger charge is 2.53. The molecule has 66 heavy (non-hydrogen) atoms. The van der Waals surface area contributed by atoms with Gasteiger partial charge in [0.25, 0.3) is 0 Å². The molecule has 0 radical (unpaired) electrons. The lowest BCUT2D eigenvalue weighted by Crippen LogP contribution is -2.36. The summed E-state index contributed by atoms with van der Waals surface area (Å²) in [6.45, 7) is 8.36. The van der Waals surface area contributed by atoms with Crippen molar-refractivity contribution in [3.8, 4) is 33.4 Å². The van der Waals surface area contributed by atoms with E-state index in [2.05, 4.69) is 233 Å². The van der Waals surface area contributed by atoms with Crippen LogP contribution in [-0.4, -0.2) is 4.98 Å². The second kappa shape index (κ2) is 13.6. The number of benzene rings is 9. The Balaban J connectivity index is 0.907. The Kier molecular flexibility index (Phi) is 7.56. The van der Waals surface area contributed by atoms with Crippen LogP contribution in [0.4, 0.5) is 39.9 Å². The van der Waals surface area contributed by atoms with Crippen LogP contribution in [0, 0.1) is 6.57 Å². The zero-order valence-electron chi connectivity index (χ0n) is 35.7. The molecule has 4 nitrogen and oxygen atoms in total. The lowest BCUT2D eigenvalue weighted by molar-refractivity contribution is 0.751. The topological polar surface area (TPSA) is 23.7 Å². The van der Waals surface area contributed by atoms with Gasteiger partial charge in [0.05, 0.1) is 40.2 Å². The Labute approximate surface area is 383 Å². The van der Waals surface area contributed by atoms with E-state index in [1.54, 1.807) is 0 Å². The molecule has 0 atom stereocenters. The van der Waals surface area contributed by atoms with Crippen molar-refractivity contribution in [1.82, 2.24) is 4.98 Å². The van der Waals surface area contributed by atoms with Gasteiger partial charge in [-0.15, -0.1) is 0 Å². The minimum absolute atomic E-state index is 0.488. The van der Waals surface area contributed by atoms with Gasteiger partial charge in [-0.25, -0.2) is 9.83 Å². The van der Waals surface area contributed by atoms with Crippen molar-refractivity contribution in [2.75, 3.05) is 9.80 Å².